The normalized spacial score (nSPS) is 19.7. The monoisotopic (exact) mass is 490 g/mol. The second-order valence-electron chi connectivity index (χ2n) is 7.79. The Morgan fingerprint density at radius 3 is 2.53 bits per heavy atom. The lowest BCUT2D eigenvalue weighted by atomic mass is 10.1. The van der Waals surface area contributed by atoms with E-state index >= 15 is 0 Å². The van der Waals surface area contributed by atoms with E-state index in [-0.39, 0.29) is 18.5 Å². The Morgan fingerprint density at radius 1 is 1.15 bits per heavy atom. The molecule has 0 aliphatic carbocycles. The summed E-state index contributed by atoms with van der Waals surface area (Å²) in [6.07, 6.45) is 3.44. The summed E-state index contributed by atoms with van der Waals surface area (Å²) in [6, 6.07) is 6.10. The van der Waals surface area contributed by atoms with Gasteiger partial charge in [-0.2, -0.15) is 13.2 Å². The van der Waals surface area contributed by atoms with Crippen LogP contribution < -0.4 is 5.32 Å². The van der Waals surface area contributed by atoms with Crippen LogP contribution in [0.4, 0.5) is 13.2 Å². The third kappa shape index (κ3) is 5.34. The fourth-order valence-electron chi connectivity index (χ4n) is 3.72. The Kier molecular flexibility index (Phi) is 7.10. The molecule has 1 unspecified atom stereocenters. The van der Waals surface area contributed by atoms with Gasteiger partial charge in [0.1, 0.15) is 6.04 Å². The second kappa shape index (κ2) is 10.0. The number of rotatable bonds is 6. The molecule has 1 amide bonds. The summed E-state index contributed by atoms with van der Waals surface area (Å²) in [7, 11) is 0. The van der Waals surface area contributed by atoms with Crippen LogP contribution in [0.2, 0.25) is 0 Å². The van der Waals surface area contributed by atoms with E-state index in [0.29, 0.717) is 28.1 Å². The van der Waals surface area contributed by atoms with Crippen molar-refractivity contribution < 1.29 is 22.5 Å². The van der Waals surface area contributed by atoms with Crippen LogP contribution >= 0.6 is 0 Å². The zero-order valence-electron chi connectivity index (χ0n) is 18.1. The van der Waals surface area contributed by atoms with E-state index in [1.54, 1.807) is 41.0 Å². The van der Waals surface area contributed by atoms with Crippen molar-refractivity contribution in [2.75, 3.05) is 0 Å². The summed E-state index contributed by atoms with van der Waals surface area (Å²) in [6.45, 7) is 2.12. The van der Waals surface area contributed by atoms with Gasteiger partial charge in [-0.3, -0.25) is 14.8 Å². The largest absolute Gasteiger partial charge is 0.593 e. The van der Waals surface area contributed by atoms with Crippen molar-refractivity contribution in [1.82, 2.24) is 29.6 Å². The predicted octanol–water partition coefficient (Wildman–Crippen LogP) is 3.14. The van der Waals surface area contributed by atoms with Crippen LogP contribution in [-0.2, 0) is 28.9 Å². The van der Waals surface area contributed by atoms with Crippen LogP contribution in [0.1, 0.15) is 31.2 Å². The first-order chi connectivity index (χ1) is 16.2. The van der Waals surface area contributed by atoms with Crippen molar-refractivity contribution in [3.05, 3.63) is 66.6 Å². The molecular formula is C22H21F3N6O2S. The number of nitrogens with one attached hydrogen (secondary N) is 1. The summed E-state index contributed by atoms with van der Waals surface area (Å²) in [5.41, 5.74) is 1.41. The SMILES string of the molecule is C[C@H]1CC[C@@H](C(=O)NCc2ccnc(-c3cnc(C(F)(F)F)nc3)c2)N1[S+]([O-])c1ccncc1. The highest BCUT2D eigenvalue weighted by Gasteiger charge is 2.44. The van der Waals surface area contributed by atoms with Crippen LogP contribution in [-0.4, -0.2) is 46.8 Å². The second-order valence-corrected chi connectivity index (χ2v) is 9.19. The number of halogens is 3. The first kappa shape index (κ1) is 24.0. The molecule has 3 aromatic rings. The van der Waals surface area contributed by atoms with Gasteiger partial charge in [-0.05, 0) is 37.5 Å². The number of hydrogen-bond donors (Lipinski definition) is 1. The van der Waals surface area contributed by atoms with Gasteiger partial charge in [0.15, 0.2) is 4.90 Å². The quantitative estimate of drug-likeness (QED) is 0.529. The third-order valence-electron chi connectivity index (χ3n) is 5.44. The Labute approximate surface area is 197 Å². The highest BCUT2D eigenvalue weighted by molar-refractivity contribution is 7.89. The smallest absolute Gasteiger partial charge is 0.451 e. The van der Waals surface area contributed by atoms with E-state index in [4.69, 9.17) is 0 Å². The molecule has 1 fully saturated rings. The molecule has 1 aliphatic rings. The maximum atomic E-state index is 13.1. The predicted molar refractivity (Wildman–Crippen MR) is 117 cm³/mol. The molecular weight excluding hydrogens is 469 g/mol. The molecule has 3 atom stereocenters. The first-order valence-electron chi connectivity index (χ1n) is 10.5. The Morgan fingerprint density at radius 2 is 1.85 bits per heavy atom. The fourth-order valence-corrected chi connectivity index (χ4v) is 5.18. The molecule has 1 aliphatic heterocycles. The summed E-state index contributed by atoms with van der Waals surface area (Å²) in [4.78, 5) is 28.3. The molecule has 0 aromatic carbocycles. The Bertz CT molecular complexity index is 1130. The zero-order chi connectivity index (χ0) is 24.3. The van der Waals surface area contributed by atoms with Crippen molar-refractivity contribution >= 4 is 17.3 Å². The molecule has 8 nitrogen and oxygen atoms in total. The van der Waals surface area contributed by atoms with E-state index in [0.717, 1.165) is 18.8 Å². The summed E-state index contributed by atoms with van der Waals surface area (Å²) in [5, 5.41) is 2.87. The fraction of sp³-hybridized carbons (Fsp3) is 0.318. The van der Waals surface area contributed by atoms with Crippen LogP contribution in [0.25, 0.3) is 11.3 Å². The van der Waals surface area contributed by atoms with Gasteiger partial charge >= 0.3 is 6.18 Å². The number of carbonyl (C=O) groups is 1. The van der Waals surface area contributed by atoms with E-state index < -0.39 is 29.4 Å². The summed E-state index contributed by atoms with van der Waals surface area (Å²) < 4.78 is 52.8. The van der Waals surface area contributed by atoms with Crippen LogP contribution in [0.5, 0.6) is 0 Å². The minimum absolute atomic E-state index is 0.0306. The van der Waals surface area contributed by atoms with Crippen molar-refractivity contribution in [2.45, 2.75) is 49.5 Å². The van der Waals surface area contributed by atoms with Gasteiger partial charge in [-0.15, -0.1) is 4.31 Å². The van der Waals surface area contributed by atoms with Crippen molar-refractivity contribution in [3.63, 3.8) is 0 Å². The van der Waals surface area contributed by atoms with Gasteiger partial charge in [0.25, 0.3) is 0 Å². The van der Waals surface area contributed by atoms with Crippen molar-refractivity contribution in [1.29, 1.82) is 0 Å². The standard InChI is InChI=1S/C22H21F3N6O2S/c1-14-2-3-19(31(14)34(33)17-5-7-26-8-6-17)20(32)28-11-15-4-9-27-18(10-15)16-12-29-21(30-13-16)22(23,24)25/h4-10,12-14,19H,2-3,11H2,1H3,(H,28,32)/t14-,19-,34?/m0/s1. The molecule has 1 N–H and O–H groups in total. The van der Waals surface area contributed by atoms with Crippen LogP contribution in [0, 0.1) is 0 Å². The van der Waals surface area contributed by atoms with Gasteiger partial charge in [0, 0.05) is 55.2 Å². The molecule has 4 rings (SSSR count). The highest BCUT2D eigenvalue weighted by atomic mass is 32.2. The molecule has 0 spiro atoms. The Hall–Kier alpha value is -3.09. The van der Waals surface area contributed by atoms with Crippen LogP contribution in [0.15, 0.2) is 60.1 Å². The van der Waals surface area contributed by atoms with E-state index in [1.165, 1.54) is 6.20 Å². The zero-order valence-corrected chi connectivity index (χ0v) is 18.9. The lowest BCUT2D eigenvalue weighted by Gasteiger charge is -2.28. The molecule has 34 heavy (non-hydrogen) atoms. The molecule has 0 bridgehead atoms. The molecule has 3 aromatic heterocycles. The van der Waals surface area contributed by atoms with Gasteiger partial charge in [-0.1, -0.05) is 0 Å². The molecule has 178 valence electrons. The van der Waals surface area contributed by atoms with Gasteiger partial charge < -0.3 is 9.87 Å². The van der Waals surface area contributed by atoms with Crippen molar-refractivity contribution in [2.24, 2.45) is 0 Å². The maximum absolute atomic E-state index is 13.1. The van der Waals surface area contributed by atoms with E-state index in [1.807, 2.05) is 6.92 Å². The van der Waals surface area contributed by atoms with Crippen LogP contribution in [0.3, 0.4) is 0 Å². The van der Waals surface area contributed by atoms with Crippen molar-refractivity contribution in [3.8, 4) is 11.3 Å². The average molecular weight is 491 g/mol. The molecule has 0 saturated carbocycles. The van der Waals surface area contributed by atoms with E-state index in [2.05, 4.69) is 25.3 Å². The van der Waals surface area contributed by atoms with Gasteiger partial charge in [0.05, 0.1) is 23.1 Å². The maximum Gasteiger partial charge on any atom is 0.451 e. The minimum Gasteiger partial charge on any atom is -0.593 e. The lowest BCUT2D eigenvalue weighted by molar-refractivity contribution is -0.145. The number of aromatic nitrogens is 4. The van der Waals surface area contributed by atoms with Gasteiger partial charge in [0.2, 0.25) is 11.7 Å². The molecule has 1 saturated heterocycles. The lowest BCUT2D eigenvalue weighted by Crippen LogP contribution is -2.48. The average Bonchev–Trinajstić information content (AvgIpc) is 3.23. The first-order valence-corrected chi connectivity index (χ1v) is 11.6. The number of amides is 1. The molecule has 4 heterocycles. The number of carbonyl (C=O) groups excluding carboxylic acids is 1. The number of nitrogens with zero attached hydrogens (tertiary/aromatic N) is 5. The number of alkyl halides is 3. The van der Waals surface area contributed by atoms with Gasteiger partial charge in [-0.25, -0.2) is 9.97 Å². The number of pyridine rings is 2. The summed E-state index contributed by atoms with van der Waals surface area (Å²) in [5.74, 6) is -1.47. The highest BCUT2D eigenvalue weighted by Crippen LogP contribution is 2.31. The van der Waals surface area contributed by atoms with E-state index in [9.17, 15) is 22.5 Å². The number of hydrogen-bond acceptors (Lipinski definition) is 7. The summed E-state index contributed by atoms with van der Waals surface area (Å²) >= 11 is -1.50. The Balaban J connectivity index is 1.43. The third-order valence-corrected chi connectivity index (χ3v) is 7.11. The molecule has 0 radical (unpaired) electrons. The minimum atomic E-state index is -4.62. The topological polar surface area (TPSA) is 107 Å². The molecule has 12 heteroatoms.